The number of nitrogens with one attached hydrogen (secondary N) is 1. The van der Waals surface area contributed by atoms with Crippen LogP contribution in [0.5, 0.6) is 0 Å². The molecule has 0 saturated heterocycles. The maximum absolute atomic E-state index is 11.9. The van der Waals surface area contributed by atoms with Gasteiger partial charge in [-0.2, -0.15) is 4.98 Å². The first-order valence-electron chi connectivity index (χ1n) is 7.92. The van der Waals surface area contributed by atoms with Crippen molar-refractivity contribution in [2.75, 3.05) is 6.54 Å². The highest BCUT2D eigenvalue weighted by molar-refractivity contribution is 7.15. The number of thiazole rings is 1. The number of carbonyl (C=O) groups excluding carboxylic acids is 1. The monoisotopic (exact) mass is 352 g/mol. The topological polar surface area (TPSA) is 72.4 Å². The molecule has 0 saturated carbocycles. The van der Waals surface area contributed by atoms with Crippen molar-refractivity contribution in [3.8, 4) is 11.4 Å². The van der Waals surface area contributed by atoms with Crippen LogP contribution >= 0.6 is 11.3 Å². The standard InChI is InChI=1S/C18H16N4O2S/c1-12-4-2-5-13(10-12)16-20-18-22(21-16)14(11-25-18)7-8-19-17(23)15-6-3-9-24-15/h2-6,9-11H,7-8H2,1H3,(H,19,23). The Kier molecular flexibility index (Phi) is 4.07. The Morgan fingerprint density at radius 1 is 1.32 bits per heavy atom. The summed E-state index contributed by atoms with van der Waals surface area (Å²) in [5.41, 5.74) is 3.20. The van der Waals surface area contributed by atoms with Crippen LogP contribution in [0.25, 0.3) is 16.3 Å². The van der Waals surface area contributed by atoms with Crippen molar-refractivity contribution in [2.45, 2.75) is 13.3 Å². The van der Waals surface area contributed by atoms with Crippen LogP contribution in [0.4, 0.5) is 0 Å². The first kappa shape index (κ1) is 15.6. The molecular weight excluding hydrogens is 336 g/mol. The molecular formula is C18H16N4O2S. The number of hydrogen-bond acceptors (Lipinski definition) is 5. The highest BCUT2D eigenvalue weighted by Gasteiger charge is 2.12. The molecule has 126 valence electrons. The van der Waals surface area contributed by atoms with Crippen molar-refractivity contribution in [3.05, 3.63) is 65.1 Å². The molecule has 0 unspecified atom stereocenters. The van der Waals surface area contributed by atoms with Crippen molar-refractivity contribution in [1.82, 2.24) is 19.9 Å². The maximum Gasteiger partial charge on any atom is 0.286 e. The van der Waals surface area contributed by atoms with Crippen LogP contribution in [-0.4, -0.2) is 27.0 Å². The molecule has 25 heavy (non-hydrogen) atoms. The molecule has 1 N–H and O–H groups in total. The molecule has 4 aromatic rings. The van der Waals surface area contributed by atoms with E-state index in [0.717, 1.165) is 22.0 Å². The fourth-order valence-corrected chi connectivity index (χ4v) is 3.46. The average Bonchev–Trinajstić information content (AvgIpc) is 3.33. The van der Waals surface area contributed by atoms with Crippen LogP contribution < -0.4 is 5.32 Å². The van der Waals surface area contributed by atoms with Gasteiger partial charge in [-0.3, -0.25) is 4.79 Å². The molecule has 6 nitrogen and oxygen atoms in total. The Bertz CT molecular complexity index is 1020. The summed E-state index contributed by atoms with van der Waals surface area (Å²) in [7, 11) is 0. The molecule has 0 atom stereocenters. The maximum atomic E-state index is 11.9. The third-order valence-electron chi connectivity index (χ3n) is 3.84. The van der Waals surface area contributed by atoms with Gasteiger partial charge in [0.2, 0.25) is 4.96 Å². The van der Waals surface area contributed by atoms with Gasteiger partial charge in [-0.1, -0.05) is 23.8 Å². The number of furan rings is 1. The summed E-state index contributed by atoms with van der Waals surface area (Å²) >= 11 is 1.55. The Morgan fingerprint density at radius 3 is 3.04 bits per heavy atom. The predicted octanol–water partition coefficient (Wildman–Crippen LogP) is 3.33. The summed E-state index contributed by atoms with van der Waals surface area (Å²) in [6.45, 7) is 2.56. The van der Waals surface area contributed by atoms with Gasteiger partial charge in [0, 0.05) is 23.9 Å². The number of benzene rings is 1. The zero-order valence-corrected chi connectivity index (χ0v) is 14.4. The highest BCUT2D eigenvalue weighted by atomic mass is 32.1. The van der Waals surface area contributed by atoms with Crippen molar-refractivity contribution in [3.63, 3.8) is 0 Å². The Labute approximate surface area is 148 Å². The quantitative estimate of drug-likeness (QED) is 0.598. The summed E-state index contributed by atoms with van der Waals surface area (Å²) < 4.78 is 6.93. The van der Waals surface area contributed by atoms with Crippen LogP contribution in [0, 0.1) is 6.92 Å². The second-order valence-corrected chi connectivity index (χ2v) is 6.55. The number of carbonyl (C=O) groups is 1. The van der Waals surface area contributed by atoms with E-state index in [9.17, 15) is 4.79 Å². The summed E-state index contributed by atoms with van der Waals surface area (Å²) in [5, 5.41) is 9.48. The normalized spacial score (nSPS) is 11.1. The van der Waals surface area contributed by atoms with Crippen LogP contribution in [0.1, 0.15) is 21.8 Å². The van der Waals surface area contributed by atoms with Crippen molar-refractivity contribution < 1.29 is 9.21 Å². The summed E-state index contributed by atoms with van der Waals surface area (Å²) in [5.74, 6) is 0.824. The van der Waals surface area contributed by atoms with Gasteiger partial charge >= 0.3 is 0 Å². The van der Waals surface area contributed by atoms with Crippen LogP contribution in [0.15, 0.2) is 52.5 Å². The minimum atomic E-state index is -0.212. The molecule has 0 spiro atoms. The highest BCUT2D eigenvalue weighted by Crippen LogP contribution is 2.21. The second-order valence-electron chi connectivity index (χ2n) is 5.71. The van der Waals surface area contributed by atoms with Gasteiger partial charge in [0.1, 0.15) is 0 Å². The molecule has 0 radical (unpaired) electrons. The number of amides is 1. The van der Waals surface area contributed by atoms with E-state index in [4.69, 9.17) is 4.42 Å². The van der Waals surface area contributed by atoms with Gasteiger partial charge < -0.3 is 9.73 Å². The Balaban J connectivity index is 1.48. The molecule has 0 fully saturated rings. The summed E-state index contributed by atoms with van der Waals surface area (Å²) in [6, 6.07) is 11.5. The van der Waals surface area contributed by atoms with E-state index >= 15 is 0 Å². The van der Waals surface area contributed by atoms with E-state index in [2.05, 4.69) is 34.5 Å². The molecule has 1 amide bonds. The fraction of sp³-hybridized carbons (Fsp3) is 0.167. The van der Waals surface area contributed by atoms with Gasteiger partial charge in [-0.25, -0.2) is 4.52 Å². The minimum Gasteiger partial charge on any atom is -0.459 e. The number of fused-ring (bicyclic) bond motifs is 1. The molecule has 1 aromatic carbocycles. The number of aryl methyl sites for hydroxylation is 1. The first-order chi connectivity index (χ1) is 12.2. The largest absolute Gasteiger partial charge is 0.459 e. The van der Waals surface area contributed by atoms with E-state index in [-0.39, 0.29) is 5.91 Å². The molecule has 4 rings (SSSR count). The zero-order chi connectivity index (χ0) is 17.2. The van der Waals surface area contributed by atoms with E-state index in [0.29, 0.717) is 18.7 Å². The summed E-state index contributed by atoms with van der Waals surface area (Å²) in [6.07, 6.45) is 2.16. The van der Waals surface area contributed by atoms with E-state index in [1.54, 1.807) is 23.5 Å². The first-order valence-corrected chi connectivity index (χ1v) is 8.80. The Morgan fingerprint density at radius 2 is 2.24 bits per heavy atom. The molecule has 7 heteroatoms. The Hall–Kier alpha value is -2.93. The third-order valence-corrected chi connectivity index (χ3v) is 4.70. The lowest BCUT2D eigenvalue weighted by molar-refractivity contribution is 0.0926. The smallest absolute Gasteiger partial charge is 0.286 e. The molecule has 3 heterocycles. The zero-order valence-electron chi connectivity index (χ0n) is 13.6. The fourth-order valence-electron chi connectivity index (χ4n) is 2.60. The number of rotatable bonds is 5. The van der Waals surface area contributed by atoms with Crippen molar-refractivity contribution in [1.29, 1.82) is 0 Å². The number of aromatic nitrogens is 3. The van der Waals surface area contributed by atoms with Crippen LogP contribution in [0.3, 0.4) is 0 Å². The molecule has 0 bridgehead atoms. The van der Waals surface area contributed by atoms with Crippen LogP contribution in [0.2, 0.25) is 0 Å². The lowest BCUT2D eigenvalue weighted by Crippen LogP contribution is -2.25. The van der Waals surface area contributed by atoms with E-state index < -0.39 is 0 Å². The van der Waals surface area contributed by atoms with Gasteiger partial charge in [-0.05, 0) is 25.1 Å². The minimum absolute atomic E-state index is 0.212. The van der Waals surface area contributed by atoms with Crippen LogP contribution in [-0.2, 0) is 6.42 Å². The van der Waals surface area contributed by atoms with Gasteiger partial charge in [-0.15, -0.1) is 16.4 Å². The van der Waals surface area contributed by atoms with Gasteiger partial charge in [0.25, 0.3) is 5.91 Å². The molecule has 0 aliphatic carbocycles. The van der Waals surface area contributed by atoms with Gasteiger partial charge in [0.05, 0.1) is 12.0 Å². The molecule has 3 aromatic heterocycles. The summed E-state index contributed by atoms with van der Waals surface area (Å²) in [4.78, 5) is 17.3. The van der Waals surface area contributed by atoms with Gasteiger partial charge in [0.15, 0.2) is 11.6 Å². The average molecular weight is 352 g/mol. The predicted molar refractivity (Wildman–Crippen MR) is 95.8 cm³/mol. The molecule has 0 aliphatic heterocycles. The van der Waals surface area contributed by atoms with Crippen molar-refractivity contribution in [2.24, 2.45) is 0 Å². The number of hydrogen-bond donors (Lipinski definition) is 1. The SMILES string of the molecule is Cc1cccc(-c2nc3scc(CCNC(=O)c4ccco4)n3n2)c1. The third kappa shape index (κ3) is 3.18. The van der Waals surface area contributed by atoms with E-state index in [1.165, 1.54) is 11.8 Å². The van der Waals surface area contributed by atoms with Crippen molar-refractivity contribution >= 4 is 22.2 Å². The van der Waals surface area contributed by atoms with E-state index in [1.807, 2.05) is 22.0 Å². The lowest BCUT2D eigenvalue weighted by Gasteiger charge is -2.02. The lowest BCUT2D eigenvalue weighted by atomic mass is 10.1. The molecule has 0 aliphatic rings. The second kappa shape index (κ2) is 6.52. The number of nitrogens with zero attached hydrogens (tertiary/aromatic N) is 3.